The SMILES string of the molecule is C=C(/N=C(\C(=C)[C@@H](C)c1ccccc1-c1cc(C)c2sc3cc4c(cc3c2c1)C1C=CC4O1)c1ccccc1-c1ccccc1)c1ccccc1-c1ccccc1. The van der Waals surface area contributed by atoms with Gasteiger partial charge in [0.25, 0.3) is 0 Å². The Morgan fingerprint density at radius 3 is 1.84 bits per heavy atom. The highest BCUT2D eigenvalue weighted by Crippen LogP contribution is 2.50. The number of thiophene rings is 1. The van der Waals surface area contributed by atoms with Crippen LogP contribution in [0.1, 0.15) is 58.4 Å². The molecule has 3 atom stereocenters. The first-order chi connectivity index (χ1) is 27.9. The summed E-state index contributed by atoms with van der Waals surface area (Å²) in [4.78, 5) is 5.47. The van der Waals surface area contributed by atoms with E-state index in [-0.39, 0.29) is 18.1 Å². The first kappa shape index (κ1) is 35.1. The molecule has 0 saturated heterocycles. The third-order valence-electron chi connectivity index (χ3n) is 11.7. The van der Waals surface area contributed by atoms with E-state index in [0.717, 1.165) is 44.7 Å². The number of ether oxygens (including phenoxy) is 1. The van der Waals surface area contributed by atoms with Crippen molar-refractivity contribution in [3.63, 3.8) is 0 Å². The lowest BCUT2D eigenvalue weighted by Gasteiger charge is -2.23. The minimum Gasteiger partial charge on any atom is -0.357 e. The molecule has 7 aromatic carbocycles. The number of allylic oxidation sites excluding steroid dienone is 1. The van der Waals surface area contributed by atoms with Gasteiger partial charge in [-0.15, -0.1) is 11.3 Å². The van der Waals surface area contributed by atoms with Crippen LogP contribution in [0.2, 0.25) is 0 Å². The minimum atomic E-state index is -0.0704. The van der Waals surface area contributed by atoms with Gasteiger partial charge in [0.15, 0.2) is 0 Å². The second-order valence-electron chi connectivity index (χ2n) is 15.2. The maximum atomic E-state index is 6.21. The lowest BCUT2D eigenvalue weighted by molar-refractivity contribution is 0.0879. The molecule has 0 radical (unpaired) electrons. The van der Waals surface area contributed by atoms with E-state index in [1.54, 1.807) is 0 Å². The number of aryl methyl sites for hydroxylation is 1. The largest absolute Gasteiger partial charge is 0.357 e. The molecule has 0 saturated carbocycles. The molecular weight excluding hydrogens is 711 g/mol. The molecule has 0 amide bonds. The van der Waals surface area contributed by atoms with Gasteiger partial charge in [-0.3, -0.25) is 0 Å². The summed E-state index contributed by atoms with van der Waals surface area (Å²) in [5, 5.41) is 2.60. The van der Waals surface area contributed by atoms with Crippen LogP contribution < -0.4 is 0 Å². The van der Waals surface area contributed by atoms with E-state index in [2.05, 4.69) is 184 Å². The first-order valence-electron chi connectivity index (χ1n) is 19.6. The van der Waals surface area contributed by atoms with Crippen LogP contribution in [0.15, 0.2) is 194 Å². The predicted octanol–water partition coefficient (Wildman–Crippen LogP) is 14.9. The Kier molecular flexibility index (Phi) is 8.78. The van der Waals surface area contributed by atoms with Gasteiger partial charge in [0.2, 0.25) is 0 Å². The Bertz CT molecular complexity index is 2950. The summed E-state index contributed by atoms with van der Waals surface area (Å²) in [6.07, 6.45) is 4.53. The highest BCUT2D eigenvalue weighted by Gasteiger charge is 2.34. The van der Waals surface area contributed by atoms with Crippen LogP contribution in [-0.2, 0) is 4.74 Å². The fraction of sp³-hybridized carbons (Fsp3) is 0.0926. The van der Waals surface area contributed by atoms with Gasteiger partial charge in [-0.05, 0) is 92.4 Å². The lowest BCUT2D eigenvalue weighted by Crippen LogP contribution is -2.13. The van der Waals surface area contributed by atoms with E-state index in [4.69, 9.17) is 16.3 Å². The summed E-state index contributed by atoms with van der Waals surface area (Å²) in [5.74, 6) is -0.0704. The Morgan fingerprint density at radius 2 is 1.16 bits per heavy atom. The van der Waals surface area contributed by atoms with Crippen molar-refractivity contribution in [2.75, 3.05) is 0 Å². The molecule has 2 aliphatic rings. The van der Waals surface area contributed by atoms with Gasteiger partial charge in [-0.1, -0.05) is 166 Å². The van der Waals surface area contributed by atoms with E-state index in [9.17, 15) is 0 Å². The van der Waals surface area contributed by atoms with Crippen LogP contribution in [-0.4, -0.2) is 5.71 Å². The van der Waals surface area contributed by atoms with Crippen LogP contribution in [0.4, 0.5) is 0 Å². The van der Waals surface area contributed by atoms with Crippen molar-refractivity contribution < 1.29 is 4.74 Å². The molecule has 10 rings (SSSR count). The van der Waals surface area contributed by atoms with E-state index in [1.165, 1.54) is 53.6 Å². The minimum absolute atomic E-state index is 0.0620. The first-order valence-corrected chi connectivity index (χ1v) is 20.4. The zero-order chi connectivity index (χ0) is 38.6. The van der Waals surface area contributed by atoms with Gasteiger partial charge in [0.05, 0.1) is 11.4 Å². The molecule has 274 valence electrons. The summed E-state index contributed by atoms with van der Waals surface area (Å²) in [6, 6.07) is 56.3. The smallest absolute Gasteiger partial charge is 0.102 e. The monoisotopic (exact) mass is 751 g/mol. The van der Waals surface area contributed by atoms with Crippen LogP contribution in [0, 0.1) is 6.92 Å². The summed E-state index contributed by atoms with van der Waals surface area (Å²) in [5.41, 5.74) is 16.5. The van der Waals surface area contributed by atoms with Gasteiger partial charge in [0.1, 0.15) is 12.2 Å². The molecule has 1 aromatic heterocycles. The number of hydrogen-bond acceptors (Lipinski definition) is 3. The van der Waals surface area contributed by atoms with E-state index in [1.807, 2.05) is 17.4 Å². The zero-order valence-corrected chi connectivity index (χ0v) is 32.9. The standard InChI is InChI=1S/C54H41NOS/c1-33-29-39(30-49-48-31-46-47(32-52(48)57-54(33)49)51-28-27-50(46)56-51)44-25-13-11-21-40(44)34(2)35(3)53(45-26-16-15-24-43(45)38-19-9-6-10-20-38)55-36(4)41-22-12-14-23-42(41)37-17-7-5-8-18-37/h5-32,34,50-51H,3-4H2,1-2H3/b55-53+/t34-,50?,51?/m1/s1. The number of hydrogen-bond donors (Lipinski definition) is 0. The normalized spacial score (nSPS) is 16.3. The zero-order valence-electron chi connectivity index (χ0n) is 32.1. The van der Waals surface area contributed by atoms with E-state index in [0.29, 0.717) is 5.70 Å². The van der Waals surface area contributed by atoms with Crippen LogP contribution in [0.3, 0.4) is 0 Å². The second kappa shape index (κ2) is 14.3. The van der Waals surface area contributed by atoms with Gasteiger partial charge in [-0.25, -0.2) is 4.99 Å². The molecule has 3 heteroatoms. The van der Waals surface area contributed by atoms with Crippen LogP contribution >= 0.6 is 11.3 Å². The highest BCUT2D eigenvalue weighted by atomic mass is 32.1. The molecule has 2 aliphatic heterocycles. The van der Waals surface area contributed by atoms with Crippen molar-refractivity contribution in [2.45, 2.75) is 32.0 Å². The van der Waals surface area contributed by atoms with Crippen LogP contribution in [0.5, 0.6) is 0 Å². The summed E-state index contributed by atoms with van der Waals surface area (Å²) in [6.45, 7) is 14.0. The summed E-state index contributed by atoms with van der Waals surface area (Å²) >= 11 is 1.89. The van der Waals surface area contributed by atoms with Crippen molar-refractivity contribution in [2.24, 2.45) is 4.99 Å². The van der Waals surface area contributed by atoms with E-state index < -0.39 is 0 Å². The van der Waals surface area contributed by atoms with Gasteiger partial charge < -0.3 is 4.74 Å². The molecular formula is C54H41NOS. The molecule has 0 N–H and O–H groups in total. The molecule has 2 bridgehead atoms. The molecule has 57 heavy (non-hydrogen) atoms. The molecule has 0 fully saturated rings. The van der Waals surface area contributed by atoms with Gasteiger partial charge in [-0.2, -0.15) is 0 Å². The average Bonchev–Trinajstić information content (AvgIpc) is 3.99. The van der Waals surface area contributed by atoms with Crippen molar-refractivity contribution in [1.29, 1.82) is 0 Å². The van der Waals surface area contributed by atoms with Crippen molar-refractivity contribution in [3.8, 4) is 33.4 Å². The predicted molar refractivity (Wildman–Crippen MR) is 242 cm³/mol. The topological polar surface area (TPSA) is 21.6 Å². The van der Waals surface area contributed by atoms with E-state index >= 15 is 0 Å². The van der Waals surface area contributed by atoms with Gasteiger partial charge in [0, 0.05) is 37.2 Å². The number of fused-ring (bicyclic) bond motifs is 8. The van der Waals surface area contributed by atoms with Gasteiger partial charge >= 0.3 is 0 Å². The Balaban J connectivity index is 1.09. The maximum absolute atomic E-state index is 6.21. The third-order valence-corrected chi connectivity index (χ3v) is 13.0. The quantitative estimate of drug-likeness (QED) is 0.106. The lowest BCUT2D eigenvalue weighted by atomic mass is 9.82. The summed E-state index contributed by atoms with van der Waals surface area (Å²) < 4.78 is 8.86. The second-order valence-corrected chi connectivity index (χ2v) is 16.2. The Labute approximate surface area is 338 Å². The highest BCUT2D eigenvalue weighted by molar-refractivity contribution is 7.26. The summed E-state index contributed by atoms with van der Waals surface area (Å²) in [7, 11) is 0. The third kappa shape index (κ3) is 6.11. The molecule has 3 heterocycles. The number of nitrogens with zero attached hydrogens (tertiary/aromatic N) is 1. The Morgan fingerprint density at radius 1 is 0.596 bits per heavy atom. The fourth-order valence-corrected chi connectivity index (χ4v) is 9.96. The van der Waals surface area contributed by atoms with Crippen molar-refractivity contribution in [1.82, 2.24) is 0 Å². The maximum Gasteiger partial charge on any atom is 0.102 e. The average molecular weight is 752 g/mol. The molecule has 2 unspecified atom stereocenters. The van der Waals surface area contributed by atoms with Crippen molar-refractivity contribution in [3.05, 3.63) is 222 Å². The molecule has 0 aliphatic carbocycles. The number of benzene rings is 7. The number of aliphatic imine (C=N–C) groups is 1. The molecule has 2 nitrogen and oxygen atoms in total. The molecule has 0 spiro atoms. The Hall–Kier alpha value is -6.39. The fourth-order valence-electron chi connectivity index (χ4n) is 8.77. The van der Waals surface area contributed by atoms with Crippen molar-refractivity contribution >= 4 is 42.9 Å². The number of rotatable bonds is 9. The molecule has 8 aromatic rings. The van der Waals surface area contributed by atoms with Crippen LogP contribution in [0.25, 0.3) is 59.3 Å².